The van der Waals surface area contributed by atoms with Gasteiger partial charge in [-0.25, -0.2) is 0 Å². The number of rotatable bonds is 6. The Morgan fingerprint density at radius 1 is 1.33 bits per heavy atom. The zero-order valence-electron chi connectivity index (χ0n) is 10.6. The fourth-order valence-corrected chi connectivity index (χ4v) is 2.96. The van der Waals surface area contributed by atoms with Gasteiger partial charge in [0.15, 0.2) is 0 Å². The van der Waals surface area contributed by atoms with E-state index >= 15 is 0 Å². The number of halogens is 1. The van der Waals surface area contributed by atoms with Crippen molar-refractivity contribution >= 4 is 22.9 Å². The number of hydrogen-bond donors (Lipinski definition) is 0. The van der Waals surface area contributed by atoms with Crippen LogP contribution >= 0.6 is 22.9 Å². The second-order valence-electron chi connectivity index (χ2n) is 4.60. The maximum atomic E-state index is 6.36. The van der Waals surface area contributed by atoms with E-state index in [1.807, 2.05) is 17.5 Å². The van der Waals surface area contributed by atoms with Gasteiger partial charge in [-0.2, -0.15) is 0 Å². The van der Waals surface area contributed by atoms with Gasteiger partial charge in [-0.1, -0.05) is 12.1 Å². The van der Waals surface area contributed by atoms with Gasteiger partial charge in [-0.05, 0) is 49.3 Å². The van der Waals surface area contributed by atoms with Crippen LogP contribution in [0.3, 0.4) is 0 Å². The van der Waals surface area contributed by atoms with Gasteiger partial charge >= 0.3 is 0 Å². The first-order valence-electron chi connectivity index (χ1n) is 6.32. The van der Waals surface area contributed by atoms with Gasteiger partial charge in [-0.3, -0.25) is 4.98 Å². The average molecular weight is 280 g/mol. The number of thiophene rings is 1. The molecule has 18 heavy (non-hydrogen) atoms. The van der Waals surface area contributed by atoms with Crippen molar-refractivity contribution in [2.24, 2.45) is 0 Å². The highest BCUT2D eigenvalue weighted by Gasteiger charge is 2.07. The standard InChI is InChI=1S/C15H18ClNS/c1-12-7-8-14(17-11-12)10-13(16)4-2-5-15-6-3-9-18-15/h3,6-9,11,13H,2,4-5,10H2,1H3. The molecule has 1 unspecified atom stereocenters. The summed E-state index contributed by atoms with van der Waals surface area (Å²) in [5, 5.41) is 2.32. The fourth-order valence-electron chi connectivity index (χ4n) is 1.90. The maximum Gasteiger partial charge on any atom is 0.0418 e. The van der Waals surface area contributed by atoms with Gasteiger partial charge in [0.2, 0.25) is 0 Å². The van der Waals surface area contributed by atoms with E-state index in [1.54, 1.807) is 0 Å². The zero-order chi connectivity index (χ0) is 12.8. The molecule has 2 aromatic heterocycles. The molecule has 0 N–H and O–H groups in total. The van der Waals surface area contributed by atoms with Crippen LogP contribution in [0.1, 0.15) is 29.0 Å². The summed E-state index contributed by atoms with van der Waals surface area (Å²) < 4.78 is 0. The molecule has 0 fully saturated rings. The van der Waals surface area contributed by atoms with Crippen molar-refractivity contribution in [3.8, 4) is 0 Å². The highest BCUT2D eigenvalue weighted by molar-refractivity contribution is 7.09. The van der Waals surface area contributed by atoms with Gasteiger partial charge in [0, 0.05) is 28.6 Å². The van der Waals surface area contributed by atoms with E-state index < -0.39 is 0 Å². The van der Waals surface area contributed by atoms with Gasteiger partial charge in [0.05, 0.1) is 0 Å². The minimum absolute atomic E-state index is 0.195. The molecule has 0 bridgehead atoms. The summed E-state index contributed by atoms with van der Waals surface area (Å²) in [6, 6.07) is 8.46. The number of nitrogens with zero attached hydrogens (tertiary/aromatic N) is 1. The van der Waals surface area contributed by atoms with Crippen LogP contribution in [0.2, 0.25) is 0 Å². The number of pyridine rings is 1. The lowest BCUT2D eigenvalue weighted by atomic mass is 10.1. The molecule has 1 nitrogen and oxygen atoms in total. The Kier molecular flexibility index (Phi) is 5.21. The predicted molar refractivity (Wildman–Crippen MR) is 79.6 cm³/mol. The van der Waals surface area contributed by atoms with Crippen molar-refractivity contribution in [3.05, 3.63) is 52.0 Å². The van der Waals surface area contributed by atoms with Crippen molar-refractivity contribution in [1.29, 1.82) is 0 Å². The molecular formula is C15H18ClNS. The summed E-state index contributed by atoms with van der Waals surface area (Å²) in [6.45, 7) is 2.05. The molecule has 3 heteroatoms. The summed E-state index contributed by atoms with van der Waals surface area (Å²) in [5.41, 5.74) is 2.29. The average Bonchev–Trinajstić information content (AvgIpc) is 2.85. The van der Waals surface area contributed by atoms with Gasteiger partial charge in [0.25, 0.3) is 0 Å². The highest BCUT2D eigenvalue weighted by Crippen LogP contribution is 2.16. The van der Waals surface area contributed by atoms with Crippen LogP contribution in [0, 0.1) is 6.92 Å². The molecule has 2 aromatic rings. The van der Waals surface area contributed by atoms with Gasteiger partial charge in [0.1, 0.15) is 0 Å². The van der Waals surface area contributed by atoms with E-state index in [2.05, 4.69) is 41.6 Å². The number of alkyl halides is 1. The molecule has 0 radical (unpaired) electrons. The molecule has 0 aliphatic rings. The van der Waals surface area contributed by atoms with E-state index in [4.69, 9.17) is 11.6 Å². The van der Waals surface area contributed by atoms with Crippen LogP contribution in [0.5, 0.6) is 0 Å². The Bertz CT molecular complexity index is 450. The molecule has 0 saturated carbocycles. The van der Waals surface area contributed by atoms with Gasteiger partial charge < -0.3 is 0 Å². The monoisotopic (exact) mass is 279 g/mol. The van der Waals surface area contributed by atoms with Crippen molar-refractivity contribution in [3.63, 3.8) is 0 Å². The molecular weight excluding hydrogens is 262 g/mol. The maximum absolute atomic E-state index is 6.36. The molecule has 0 amide bonds. The Morgan fingerprint density at radius 2 is 2.22 bits per heavy atom. The third-order valence-corrected chi connectivity index (χ3v) is 4.23. The lowest BCUT2D eigenvalue weighted by Gasteiger charge is -2.08. The Labute approximate surface area is 118 Å². The van der Waals surface area contributed by atoms with Crippen molar-refractivity contribution < 1.29 is 0 Å². The smallest absolute Gasteiger partial charge is 0.0418 e. The number of hydrogen-bond acceptors (Lipinski definition) is 2. The Hall–Kier alpha value is -0.860. The van der Waals surface area contributed by atoms with Gasteiger partial charge in [-0.15, -0.1) is 22.9 Å². The third kappa shape index (κ3) is 4.43. The van der Waals surface area contributed by atoms with Crippen LogP contribution in [0.25, 0.3) is 0 Å². The van der Waals surface area contributed by atoms with Crippen molar-refractivity contribution in [1.82, 2.24) is 4.98 Å². The van der Waals surface area contributed by atoms with E-state index in [0.717, 1.165) is 31.4 Å². The van der Waals surface area contributed by atoms with Crippen LogP contribution in [0.15, 0.2) is 35.8 Å². The lowest BCUT2D eigenvalue weighted by molar-refractivity contribution is 0.682. The van der Waals surface area contributed by atoms with E-state index in [1.165, 1.54) is 10.4 Å². The minimum Gasteiger partial charge on any atom is -0.261 e. The summed E-state index contributed by atoms with van der Waals surface area (Å²) >= 11 is 8.18. The number of aromatic nitrogens is 1. The van der Waals surface area contributed by atoms with E-state index in [9.17, 15) is 0 Å². The predicted octanol–water partition coefficient (Wildman–Crippen LogP) is 4.62. The number of aryl methyl sites for hydroxylation is 2. The Morgan fingerprint density at radius 3 is 2.89 bits per heavy atom. The zero-order valence-corrected chi connectivity index (χ0v) is 12.2. The minimum atomic E-state index is 0.195. The Balaban J connectivity index is 1.71. The topological polar surface area (TPSA) is 12.9 Å². The molecule has 0 spiro atoms. The summed E-state index contributed by atoms with van der Waals surface area (Å²) in [5.74, 6) is 0. The highest BCUT2D eigenvalue weighted by atomic mass is 35.5. The van der Waals surface area contributed by atoms with Crippen LogP contribution in [-0.2, 0) is 12.8 Å². The SMILES string of the molecule is Cc1ccc(CC(Cl)CCCc2cccs2)nc1. The fraction of sp³-hybridized carbons (Fsp3) is 0.400. The van der Waals surface area contributed by atoms with Crippen molar-refractivity contribution in [2.45, 2.75) is 38.0 Å². The molecule has 2 rings (SSSR count). The summed E-state index contributed by atoms with van der Waals surface area (Å²) in [7, 11) is 0. The van der Waals surface area contributed by atoms with Crippen LogP contribution < -0.4 is 0 Å². The molecule has 2 heterocycles. The second-order valence-corrected chi connectivity index (χ2v) is 6.25. The van der Waals surface area contributed by atoms with E-state index in [-0.39, 0.29) is 5.38 Å². The largest absolute Gasteiger partial charge is 0.261 e. The molecule has 96 valence electrons. The first-order valence-corrected chi connectivity index (χ1v) is 7.63. The first-order chi connectivity index (χ1) is 8.74. The first kappa shape index (κ1) is 13.6. The second kappa shape index (κ2) is 6.91. The van der Waals surface area contributed by atoms with Crippen LogP contribution in [-0.4, -0.2) is 10.4 Å². The third-order valence-electron chi connectivity index (χ3n) is 2.92. The van der Waals surface area contributed by atoms with E-state index in [0.29, 0.717) is 0 Å². The lowest BCUT2D eigenvalue weighted by Crippen LogP contribution is -2.05. The quantitative estimate of drug-likeness (QED) is 0.703. The summed E-state index contributed by atoms with van der Waals surface area (Å²) in [6.07, 6.45) is 6.12. The summed E-state index contributed by atoms with van der Waals surface area (Å²) in [4.78, 5) is 5.85. The van der Waals surface area contributed by atoms with Crippen molar-refractivity contribution in [2.75, 3.05) is 0 Å². The molecule has 0 aliphatic carbocycles. The molecule has 1 atom stereocenters. The normalized spacial score (nSPS) is 12.6. The van der Waals surface area contributed by atoms with Crippen LogP contribution in [0.4, 0.5) is 0 Å². The molecule has 0 aromatic carbocycles. The molecule has 0 aliphatic heterocycles. The molecule has 0 saturated heterocycles.